The van der Waals surface area contributed by atoms with Gasteiger partial charge in [-0.15, -0.1) is 0 Å². The van der Waals surface area contributed by atoms with E-state index in [1.807, 2.05) is 61.5 Å². The predicted octanol–water partition coefficient (Wildman–Crippen LogP) is 2.54. The molecule has 0 bridgehead atoms. The zero-order chi connectivity index (χ0) is 24.4. The van der Waals surface area contributed by atoms with Gasteiger partial charge in [0.15, 0.2) is 0 Å². The Morgan fingerprint density at radius 3 is 2.15 bits per heavy atom. The van der Waals surface area contributed by atoms with Gasteiger partial charge < -0.3 is 0 Å². The Morgan fingerprint density at radius 1 is 0.939 bits per heavy atom. The molecule has 0 saturated heterocycles. The van der Waals surface area contributed by atoms with Crippen LogP contribution in [0.25, 0.3) is 0 Å². The number of aryl methyl sites for hydroxylation is 1. The number of carbonyl (C=O) groups excluding carboxylic acids is 3. The number of ether oxygens (including phenoxy) is 2. The SMILES string of the molecule is COC(=O)[C@H](Cc1ccccc1)NC(=O)[C@H](C[Se]c1ccc(C)cc1)NC(=O)OC(C)(C)C. The fraction of sp³-hybridized carbons (Fsp3) is 0.400. The van der Waals surface area contributed by atoms with Crippen LogP contribution in [-0.2, 0) is 25.5 Å². The Morgan fingerprint density at radius 2 is 1.58 bits per heavy atom. The van der Waals surface area contributed by atoms with Gasteiger partial charge in [-0.3, -0.25) is 0 Å². The van der Waals surface area contributed by atoms with Crippen molar-refractivity contribution in [3.8, 4) is 0 Å². The molecule has 2 N–H and O–H groups in total. The monoisotopic (exact) mass is 520 g/mol. The number of hydrogen-bond acceptors (Lipinski definition) is 5. The van der Waals surface area contributed by atoms with Crippen LogP contribution >= 0.6 is 0 Å². The third-order valence-electron chi connectivity index (χ3n) is 4.53. The fourth-order valence-corrected chi connectivity index (χ4v) is 4.84. The van der Waals surface area contributed by atoms with Gasteiger partial charge in [0, 0.05) is 0 Å². The zero-order valence-corrected chi connectivity index (χ0v) is 21.4. The van der Waals surface area contributed by atoms with Gasteiger partial charge in [0.1, 0.15) is 0 Å². The molecule has 0 aliphatic rings. The quantitative estimate of drug-likeness (QED) is 0.393. The van der Waals surface area contributed by atoms with Crippen molar-refractivity contribution >= 4 is 37.4 Å². The number of rotatable bonds is 9. The van der Waals surface area contributed by atoms with Gasteiger partial charge in [-0.1, -0.05) is 0 Å². The van der Waals surface area contributed by atoms with Crippen molar-refractivity contribution in [2.75, 3.05) is 7.11 Å². The summed E-state index contributed by atoms with van der Waals surface area (Å²) in [5, 5.41) is 5.83. The topological polar surface area (TPSA) is 93.7 Å². The Kier molecular flexibility index (Phi) is 9.94. The van der Waals surface area contributed by atoms with E-state index in [9.17, 15) is 14.4 Å². The zero-order valence-electron chi connectivity index (χ0n) is 19.7. The molecule has 0 spiro atoms. The second-order valence-electron chi connectivity index (χ2n) is 8.60. The Bertz CT molecular complexity index is 926. The second kappa shape index (κ2) is 12.4. The summed E-state index contributed by atoms with van der Waals surface area (Å²) in [6, 6.07) is 15.7. The normalized spacial score (nSPS) is 12.9. The average Bonchev–Trinajstić information content (AvgIpc) is 2.76. The second-order valence-corrected chi connectivity index (χ2v) is 10.9. The molecule has 2 rings (SSSR count). The van der Waals surface area contributed by atoms with Crippen LogP contribution in [0, 0.1) is 6.92 Å². The minimum absolute atomic E-state index is 0.0785. The van der Waals surface area contributed by atoms with E-state index in [4.69, 9.17) is 9.47 Å². The summed E-state index contributed by atoms with van der Waals surface area (Å²) < 4.78 is 11.3. The summed E-state index contributed by atoms with van der Waals surface area (Å²) in [5.41, 5.74) is 1.33. The van der Waals surface area contributed by atoms with Crippen LogP contribution in [0.4, 0.5) is 4.79 Å². The van der Waals surface area contributed by atoms with E-state index in [2.05, 4.69) is 10.6 Å². The van der Waals surface area contributed by atoms with Crippen molar-refractivity contribution in [3.05, 3.63) is 65.7 Å². The first kappa shape index (κ1) is 26.4. The molecule has 0 aliphatic heterocycles. The van der Waals surface area contributed by atoms with Crippen molar-refractivity contribution in [2.45, 2.75) is 57.1 Å². The van der Waals surface area contributed by atoms with Gasteiger partial charge in [-0.25, -0.2) is 0 Å². The average molecular weight is 520 g/mol. The summed E-state index contributed by atoms with van der Waals surface area (Å²) in [7, 11) is 1.28. The number of carbonyl (C=O) groups is 3. The van der Waals surface area contributed by atoms with E-state index in [0.717, 1.165) is 15.6 Å². The van der Waals surface area contributed by atoms with Crippen molar-refractivity contribution in [3.63, 3.8) is 0 Å². The van der Waals surface area contributed by atoms with Gasteiger partial charge in [-0.05, 0) is 0 Å². The number of amides is 2. The van der Waals surface area contributed by atoms with E-state index in [0.29, 0.717) is 5.32 Å². The molecule has 7 nitrogen and oxygen atoms in total. The van der Waals surface area contributed by atoms with Gasteiger partial charge in [0.2, 0.25) is 0 Å². The third-order valence-corrected chi connectivity index (χ3v) is 6.85. The van der Waals surface area contributed by atoms with Crippen LogP contribution < -0.4 is 15.1 Å². The molecule has 8 heteroatoms. The number of hydrogen-bond donors (Lipinski definition) is 2. The maximum atomic E-state index is 13.2. The van der Waals surface area contributed by atoms with E-state index in [1.54, 1.807) is 20.8 Å². The van der Waals surface area contributed by atoms with Gasteiger partial charge in [-0.2, -0.15) is 0 Å². The minimum atomic E-state index is -0.875. The van der Waals surface area contributed by atoms with E-state index in [-0.39, 0.29) is 21.4 Å². The van der Waals surface area contributed by atoms with Crippen molar-refractivity contribution < 1.29 is 23.9 Å². The fourth-order valence-electron chi connectivity index (χ4n) is 2.90. The molecule has 0 fully saturated rings. The number of benzene rings is 2. The van der Waals surface area contributed by atoms with Crippen LogP contribution in [0.1, 0.15) is 31.9 Å². The van der Waals surface area contributed by atoms with Crippen molar-refractivity contribution in [1.29, 1.82) is 0 Å². The molecule has 0 saturated carbocycles. The molecule has 0 radical (unpaired) electrons. The van der Waals surface area contributed by atoms with Gasteiger partial charge in [0.25, 0.3) is 0 Å². The molecule has 2 atom stereocenters. The molecular weight excluding hydrogens is 487 g/mol. The van der Waals surface area contributed by atoms with E-state index in [1.165, 1.54) is 7.11 Å². The van der Waals surface area contributed by atoms with Crippen LogP contribution in [0.2, 0.25) is 5.32 Å². The number of nitrogens with one attached hydrogen (secondary N) is 2. The summed E-state index contributed by atoms with van der Waals surface area (Å²) in [6.45, 7) is 7.28. The summed E-state index contributed by atoms with van der Waals surface area (Å²) in [6.07, 6.45) is -0.401. The molecule has 2 amide bonds. The van der Waals surface area contributed by atoms with Crippen molar-refractivity contribution in [2.24, 2.45) is 0 Å². The van der Waals surface area contributed by atoms with E-state index >= 15 is 0 Å². The maximum absolute atomic E-state index is 13.2. The molecular formula is C25H32N2O5Se. The summed E-state index contributed by atoms with van der Waals surface area (Å²) in [5.74, 6) is -1.01. The number of esters is 1. The standard InChI is InChI=1S/C25H32N2O5Se/c1-17-11-13-19(14-12-17)33-16-21(27-24(30)32-25(2,3)4)22(28)26-20(23(29)31-5)15-18-9-7-6-8-10-18/h6-14,20-21H,15-16H2,1-5H3,(H,26,28)(H,27,30)/t20-,21-/m0/s1. The van der Waals surface area contributed by atoms with Gasteiger partial charge in [0.05, 0.1) is 0 Å². The molecule has 0 unspecified atom stereocenters. The first-order chi connectivity index (χ1) is 15.6. The van der Waals surface area contributed by atoms with Crippen LogP contribution in [0.5, 0.6) is 0 Å². The number of methoxy groups -OCH3 is 1. The van der Waals surface area contributed by atoms with Gasteiger partial charge >= 0.3 is 202 Å². The molecule has 33 heavy (non-hydrogen) atoms. The van der Waals surface area contributed by atoms with Crippen LogP contribution in [-0.4, -0.2) is 57.7 Å². The summed E-state index contributed by atoms with van der Waals surface area (Å²) in [4.78, 5) is 37.9. The molecule has 2 aromatic rings. The Balaban J connectivity index is 2.15. The third kappa shape index (κ3) is 9.68. The predicted molar refractivity (Wildman–Crippen MR) is 129 cm³/mol. The van der Waals surface area contributed by atoms with Crippen molar-refractivity contribution in [1.82, 2.24) is 10.6 Å². The molecule has 0 aliphatic carbocycles. The molecule has 2 aromatic carbocycles. The molecule has 0 aromatic heterocycles. The molecule has 0 heterocycles. The van der Waals surface area contributed by atoms with Crippen LogP contribution in [0.3, 0.4) is 0 Å². The molecule has 178 valence electrons. The summed E-state index contributed by atoms with van der Waals surface area (Å²) >= 11 is -0.0785. The van der Waals surface area contributed by atoms with Crippen LogP contribution in [0.15, 0.2) is 54.6 Å². The Labute approximate surface area is 201 Å². The number of alkyl carbamates (subject to hydrolysis) is 1. The Hall–Kier alpha value is -2.83. The van der Waals surface area contributed by atoms with E-state index < -0.39 is 35.7 Å². The first-order valence-electron chi connectivity index (χ1n) is 10.7. The first-order valence-corrected chi connectivity index (χ1v) is 12.8.